The highest BCUT2D eigenvalue weighted by molar-refractivity contribution is 5.94. The Morgan fingerprint density at radius 3 is 2.58 bits per heavy atom. The minimum atomic E-state index is -4.36. The van der Waals surface area contributed by atoms with Crippen LogP contribution < -0.4 is 10.6 Å². The number of carbonyl (C=O) groups is 1. The Hall–Kier alpha value is -3.20. The van der Waals surface area contributed by atoms with Gasteiger partial charge in [0, 0.05) is 50.9 Å². The Morgan fingerprint density at radius 1 is 1.30 bits per heavy atom. The number of halogens is 3. The first-order chi connectivity index (χ1) is 15.6. The van der Waals surface area contributed by atoms with Gasteiger partial charge in [-0.15, -0.1) is 0 Å². The van der Waals surface area contributed by atoms with Crippen LogP contribution in [0.5, 0.6) is 0 Å². The molecule has 1 aromatic heterocycles. The molecule has 6 nitrogen and oxygen atoms in total. The Labute approximate surface area is 191 Å². The molecule has 176 valence electrons. The second-order valence-electron chi connectivity index (χ2n) is 8.39. The van der Waals surface area contributed by atoms with Crippen LogP contribution >= 0.6 is 0 Å². The van der Waals surface area contributed by atoms with Crippen LogP contribution in [0.1, 0.15) is 52.6 Å². The zero-order valence-electron chi connectivity index (χ0n) is 18.8. The summed E-state index contributed by atoms with van der Waals surface area (Å²) < 4.78 is 38.6. The van der Waals surface area contributed by atoms with Gasteiger partial charge in [0.2, 0.25) is 0 Å². The largest absolute Gasteiger partial charge is 0.416 e. The normalized spacial score (nSPS) is 16.6. The number of aromatic nitrogens is 1. The van der Waals surface area contributed by atoms with Crippen LogP contribution in [0, 0.1) is 11.3 Å². The number of hydrogen-bond acceptors (Lipinski definition) is 5. The number of hydrogen-bond donors (Lipinski definition) is 3. The zero-order valence-corrected chi connectivity index (χ0v) is 18.8. The second-order valence-corrected chi connectivity index (χ2v) is 8.39. The number of nitrogens with one attached hydrogen (secondary N) is 3. The number of carbonyl (C=O) groups excluding carboxylic acids is 1. The van der Waals surface area contributed by atoms with Crippen LogP contribution in [-0.2, 0) is 19.3 Å². The van der Waals surface area contributed by atoms with Gasteiger partial charge in [0.25, 0.3) is 5.91 Å². The lowest BCUT2D eigenvalue weighted by molar-refractivity contribution is -0.137. The monoisotopic (exact) mass is 459 g/mol. The van der Waals surface area contributed by atoms with Crippen molar-refractivity contribution in [3.05, 3.63) is 76.2 Å². The lowest BCUT2D eigenvalue weighted by atomic mass is 9.99. The molecule has 0 saturated heterocycles. The summed E-state index contributed by atoms with van der Waals surface area (Å²) in [6.07, 6.45) is 0.00771. The molecule has 33 heavy (non-hydrogen) atoms. The van der Waals surface area contributed by atoms with Crippen LogP contribution in [0.3, 0.4) is 0 Å². The predicted molar refractivity (Wildman–Crippen MR) is 121 cm³/mol. The average molecular weight is 460 g/mol. The Morgan fingerprint density at radius 2 is 2.00 bits per heavy atom. The van der Waals surface area contributed by atoms with Crippen LogP contribution in [0.25, 0.3) is 0 Å². The quantitative estimate of drug-likeness (QED) is 0.515. The number of nitrogens with zero attached hydrogens (tertiary/aromatic N) is 2. The molecule has 1 amide bonds. The summed E-state index contributed by atoms with van der Waals surface area (Å²) in [7, 11) is 1.72. The molecule has 0 bridgehead atoms. The fourth-order valence-corrected chi connectivity index (χ4v) is 4.07. The molecule has 0 spiro atoms. The SMILES string of the molecule is CN/C=C(\C=N)CNC(=O)c1cnc2c(c1)CN(Cc1ccc(C(F)(F)F)cc1)[C@H]2C(C)C. The minimum absolute atomic E-state index is 0.00230. The predicted octanol–water partition coefficient (Wildman–Crippen LogP) is 4.30. The van der Waals surface area contributed by atoms with E-state index in [1.807, 2.05) is 6.07 Å². The van der Waals surface area contributed by atoms with Gasteiger partial charge in [-0.3, -0.25) is 14.7 Å². The van der Waals surface area contributed by atoms with Crippen molar-refractivity contribution in [2.24, 2.45) is 5.92 Å². The first-order valence-corrected chi connectivity index (χ1v) is 10.7. The van der Waals surface area contributed by atoms with Gasteiger partial charge in [-0.1, -0.05) is 26.0 Å². The second kappa shape index (κ2) is 10.2. The minimum Gasteiger partial charge on any atom is -0.394 e. The molecule has 1 aliphatic rings. The van der Waals surface area contributed by atoms with Crippen molar-refractivity contribution in [3.8, 4) is 0 Å². The molecule has 0 fully saturated rings. The lowest BCUT2D eigenvalue weighted by Crippen LogP contribution is -2.27. The third-order valence-corrected chi connectivity index (χ3v) is 5.58. The third kappa shape index (κ3) is 5.78. The van der Waals surface area contributed by atoms with Crippen molar-refractivity contribution in [1.82, 2.24) is 20.5 Å². The summed E-state index contributed by atoms with van der Waals surface area (Å²) in [5.41, 5.74) is 3.01. The van der Waals surface area contributed by atoms with E-state index in [4.69, 9.17) is 5.41 Å². The number of alkyl halides is 3. The number of fused-ring (bicyclic) bond motifs is 1. The van der Waals surface area contributed by atoms with E-state index in [0.717, 1.165) is 29.0 Å². The molecule has 0 unspecified atom stereocenters. The summed E-state index contributed by atoms with van der Waals surface area (Å²) in [5.74, 6) is -0.0499. The Kier molecular flexibility index (Phi) is 7.53. The van der Waals surface area contributed by atoms with E-state index in [0.29, 0.717) is 24.2 Å². The van der Waals surface area contributed by atoms with E-state index in [-0.39, 0.29) is 24.4 Å². The lowest BCUT2D eigenvalue weighted by Gasteiger charge is -2.27. The summed E-state index contributed by atoms with van der Waals surface area (Å²) >= 11 is 0. The summed E-state index contributed by atoms with van der Waals surface area (Å²) in [6.45, 7) is 5.41. The van der Waals surface area contributed by atoms with Crippen molar-refractivity contribution in [2.45, 2.75) is 39.2 Å². The molecule has 1 atom stereocenters. The van der Waals surface area contributed by atoms with E-state index < -0.39 is 11.7 Å². The molecule has 0 aliphatic carbocycles. The Balaban J connectivity index is 1.75. The van der Waals surface area contributed by atoms with Crippen molar-refractivity contribution >= 4 is 12.1 Å². The van der Waals surface area contributed by atoms with Gasteiger partial charge in [0.15, 0.2) is 0 Å². The maximum atomic E-state index is 12.9. The van der Waals surface area contributed by atoms with Crippen molar-refractivity contribution < 1.29 is 18.0 Å². The van der Waals surface area contributed by atoms with Gasteiger partial charge >= 0.3 is 6.18 Å². The van der Waals surface area contributed by atoms with Crippen molar-refractivity contribution in [1.29, 1.82) is 5.41 Å². The molecule has 1 aromatic carbocycles. The highest BCUT2D eigenvalue weighted by atomic mass is 19.4. The van der Waals surface area contributed by atoms with Gasteiger partial charge in [-0.05, 0) is 35.2 Å². The molecule has 3 rings (SSSR count). The highest BCUT2D eigenvalue weighted by Crippen LogP contribution is 2.39. The van der Waals surface area contributed by atoms with Gasteiger partial charge in [-0.2, -0.15) is 13.2 Å². The van der Waals surface area contributed by atoms with Gasteiger partial charge in [0.1, 0.15) is 0 Å². The van der Waals surface area contributed by atoms with Crippen molar-refractivity contribution in [3.63, 3.8) is 0 Å². The summed E-state index contributed by atoms with van der Waals surface area (Å²) in [4.78, 5) is 19.3. The van der Waals surface area contributed by atoms with Crippen molar-refractivity contribution in [2.75, 3.05) is 13.6 Å². The molecule has 9 heteroatoms. The fourth-order valence-electron chi connectivity index (χ4n) is 4.07. The number of rotatable bonds is 8. The molecular formula is C24H28F3N5O. The van der Waals surface area contributed by atoms with E-state index in [2.05, 4.69) is 34.4 Å². The number of pyridine rings is 1. The van der Waals surface area contributed by atoms with Crippen LogP contribution in [0.2, 0.25) is 0 Å². The third-order valence-electron chi connectivity index (χ3n) is 5.58. The van der Waals surface area contributed by atoms with E-state index in [9.17, 15) is 18.0 Å². The molecule has 1 aliphatic heterocycles. The molecule has 0 radical (unpaired) electrons. The zero-order chi connectivity index (χ0) is 24.2. The van der Waals surface area contributed by atoms with Gasteiger partial charge < -0.3 is 16.0 Å². The maximum absolute atomic E-state index is 12.9. The first kappa shape index (κ1) is 24.4. The van der Waals surface area contributed by atoms with Crippen LogP contribution in [0.15, 0.2) is 48.3 Å². The summed E-state index contributed by atoms with van der Waals surface area (Å²) in [5, 5.41) is 13.0. The smallest absolute Gasteiger partial charge is 0.394 e. The Bertz CT molecular complexity index is 1030. The van der Waals surface area contributed by atoms with E-state index >= 15 is 0 Å². The van der Waals surface area contributed by atoms with Crippen LogP contribution in [-0.4, -0.2) is 35.6 Å². The first-order valence-electron chi connectivity index (χ1n) is 10.7. The molecule has 0 saturated carbocycles. The standard InChI is InChI=1S/C24H28F3N5O/c1-15(2)22-21-19(8-18(12-30-21)23(33)31-11-17(9-28)10-29-3)14-32(22)13-16-4-6-20(7-5-16)24(25,26)27/h4-10,12,15,22,28-29H,11,13-14H2,1-3H3,(H,31,33)/b17-10+,28-9?/t22-/m0/s1. The molecule has 2 heterocycles. The number of benzene rings is 1. The van der Waals surface area contributed by atoms with E-state index in [1.54, 1.807) is 19.4 Å². The van der Waals surface area contributed by atoms with E-state index in [1.165, 1.54) is 18.3 Å². The topological polar surface area (TPSA) is 81.1 Å². The maximum Gasteiger partial charge on any atom is 0.416 e. The summed E-state index contributed by atoms with van der Waals surface area (Å²) in [6, 6.07) is 7.06. The fraction of sp³-hybridized carbons (Fsp3) is 0.375. The molecular weight excluding hydrogens is 431 g/mol. The highest BCUT2D eigenvalue weighted by Gasteiger charge is 2.35. The van der Waals surface area contributed by atoms with Crippen LogP contribution in [0.4, 0.5) is 13.2 Å². The average Bonchev–Trinajstić information content (AvgIpc) is 3.13. The molecule has 3 N–H and O–H groups in total. The van der Waals surface area contributed by atoms with Gasteiger partial charge in [-0.25, -0.2) is 0 Å². The van der Waals surface area contributed by atoms with Gasteiger partial charge in [0.05, 0.1) is 22.9 Å². The number of amides is 1. The molecule has 2 aromatic rings.